The molecular weight excluding hydrogens is 398 g/mol. The smallest absolute Gasteiger partial charge is 0.329 e. The van der Waals surface area contributed by atoms with Crippen molar-refractivity contribution in [2.24, 2.45) is 0 Å². The number of furan rings is 1. The summed E-state index contributed by atoms with van der Waals surface area (Å²) >= 11 is 0. The average molecular weight is 417 g/mol. The predicted octanol–water partition coefficient (Wildman–Crippen LogP) is 3.41. The van der Waals surface area contributed by atoms with E-state index >= 15 is 0 Å². The molecule has 3 heterocycles. The fourth-order valence-electron chi connectivity index (χ4n) is 4.01. The molecule has 0 radical (unpaired) electrons. The lowest BCUT2D eigenvalue weighted by Gasteiger charge is -2.36. The van der Waals surface area contributed by atoms with E-state index in [2.05, 4.69) is 5.32 Å². The third-order valence-corrected chi connectivity index (χ3v) is 5.45. The molecule has 156 valence electrons. The Morgan fingerprint density at radius 3 is 2.42 bits per heavy atom. The first-order valence-corrected chi connectivity index (χ1v) is 9.94. The molecule has 8 nitrogen and oxygen atoms in total. The van der Waals surface area contributed by atoms with Gasteiger partial charge in [0.2, 0.25) is 0 Å². The Labute approximate surface area is 178 Å². The third-order valence-electron chi connectivity index (χ3n) is 5.45. The number of fused-ring (bicyclic) bond motifs is 1. The second kappa shape index (κ2) is 7.64. The van der Waals surface area contributed by atoms with Gasteiger partial charge in [-0.25, -0.2) is 9.69 Å². The first kappa shape index (κ1) is 18.9. The molecule has 1 aromatic heterocycles. The van der Waals surface area contributed by atoms with Crippen LogP contribution in [-0.2, 0) is 4.79 Å². The highest BCUT2D eigenvalue weighted by Gasteiger charge is 2.50. The Hall–Kier alpha value is -4.07. The zero-order valence-corrected chi connectivity index (χ0v) is 16.4. The van der Waals surface area contributed by atoms with Crippen LogP contribution in [0.4, 0.5) is 10.5 Å². The van der Waals surface area contributed by atoms with Gasteiger partial charge in [-0.05, 0) is 55.0 Å². The van der Waals surface area contributed by atoms with Crippen molar-refractivity contribution >= 4 is 23.5 Å². The minimum Gasteiger partial charge on any atom is -0.459 e. The van der Waals surface area contributed by atoms with Crippen LogP contribution in [0.15, 0.2) is 77.4 Å². The number of likely N-dealkylation sites (tertiary alicyclic amines) is 1. The summed E-state index contributed by atoms with van der Waals surface area (Å²) in [7, 11) is 0. The number of rotatable bonds is 4. The minimum absolute atomic E-state index is 0.166. The predicted molar refractivity (Wildman–Crippen MR) is 111 cm³/mol. The average Bonchev–Trinajstić information content (AvgIpc) is 3.46. The molecular formula is C23H19N3O5. The van der Waals surface area contributed by atoms with E-state index in [1.165, 1.54) is 11.2 Å². The number of carbonyl (C=O) groups is 3. The van der Waals surface area contributed by atoms with Gasteiger partial charge in [-0.1, -0.05) is 18.2 Å². The summed E-state index contributed by atoms with van der Waals surface area (Å²) in [6.07, 6.45) is 1.92. The Morgan fingerprint density at radius 1 is 0.968 bits per heavy atom. The molecule has 8 heteroatoms. The van der Waals surface area contributed by atoms with Crippen LogP contribution in [0.1, 0.15) is 17.0 Å². The number of ether oxygens (including phenoxy) is 1. The number of benzene rings is 2. The molecule has 5 rings (SSSR count). The van der Waals surface area contributed by atoms with Crippen molar-refractivity contribution in [1.82, 2.24) is 10.2 Å². The number of hydrogen-bond donors (Lipinski definition) is 1. The summed E-state index contributed by atoms with van der Waals surface area (Å²) in [6, 6.07) is 17.4. The van der Waals surface area contributed by atoms with E-state index in [1.807, 2.05) is 30.3 Å². The van der Waals surface area contributed by atoms with Crippen LogP contribution in [0.2, 0.25) is 0 Å². The second-order valence-electron chi connectivity index (χ2n) is 7.35. The molecule has 0 bridgehead atoms. The molecule has 4 amide bonds. The van der Waals surface area contributed by atoms with Crippen molar-refractivity contribution in [3.05, 3.63) is 78.8 Å². The van der Waals surface area contributed by atoms with E-state index in [4.69, 9.17) is 9.15 Å². The molecule has 2 atom stereocenters. The Morgan fingerprint density at radius 2 is 1.71 bits per heavy atom. The van der Waals surface area contributed by atoms with Crippen LogP contribution in [0, 0.1) is 0 Å². The summed E-state index contributed by atoms with van der Waals surface area (Å²) in [4.78, 5) is 41.3. The van der Waals surface area contributed by atoms with Gasteiger partial charge in [0.15, 0.2) is 5.76 Å². The highest BCUT2D eigenvalue weighted by Crippen LogP contribution is 2.30. The van der Waals surface area contributed by atoms with Gasteiger partial charge >= 0.3 is 6.03 Å². The van der Waals surface area contributed by atoms with Crippen molar-refractivity contribution < 1.29 is 23.5 Å². The fourth-order valence-corrected chi connectivity index (χ4v) is 4.01. The number of nitrogens with zero attached hydrogens (tertiary/aromatic N) is 2. The quantitative estimate of drug-likeness (QED) is 0.702. The van der Waals surface area contributed by atoms with E-state index in [0.29, 0.717) is 30.2 Å². The summed E-state index contributed by atoms with van der Waals surface area (Å²) in [5, 5.41) is 2.85. The lowest BCUT2D eigenvalue weighted by atomic mass is 10.0. The molecule has 2 aliphatic heterocycles. The van der Waals surface area contributed by atoms with Crippen molar-refractivity contribution in [1.29, 1.82) is 0 Å². The van der Waals surface area contributed by atoms with Crippen LogP contribution in [0.25, 0.3) is 0 Å². The maximum absolute atomic E-state index is 13.3. The Bertz CT molecular complexity index is 1110. The molecule has 0 aliphatic carbocycles. The molecule has 31 heavy (non-hydrogen) atoms. The number of hydrogen-bond acceptors (Lipinski definition) is 5. The molecule has 3 aromatic rings. The molecule has 0 saturated carbocycles. The zero-order valence-electron chi connectivity index (χ0n) is 16.4. The van der Waals surface area contributed by atoms with Crippen molar-refractivity contribution in [3.63, 3.8) is 0 Å². The Balaban J connectivity index is 1.37. The normalized spacial score (nSPS) is 20.4. The molecule has 2 aliphatic rings. The van der Waals surface area contributed by atoms with Crippen LogP contribution >= 0.6 is 0 Å². The van der Waals surface area contributed by atoms with E-state index in [-0.39, 0.29) is 11.7 Å². The van der Waals surface area contributed by atoms with Crippen LogP contribution in [0.3, 0.4) is 0 Å². The second-order valence-corrected chi connectivity index (χ2v) is 7.35. The third kappa shape index (κ3) is 3.42. The summed E-state index contributed by atoms with van der Waals surface area (Å²) < 4.78 is 11.0. The van der Waals surface area contributed by atoms with Gasteiger partial charge in [-0.15, -0.1) is 0 Å². The lowest BCUT2D eigenvalue weighted by Crippen LogP contribution is -2.65. The van der Waals surface area contributed by atoms with Crippen LogP contribution in [-0.4, -0.2) is 41.4 Å². The largest absolute Gasteiger partial charge is 0.459 e. The Kier molecular flexibility index (Phi) is 4.66. The first-order valence-electron chi connectivity index (χ1n) is 9.94. The maximum Gasteiger partial charge on any atom is 0.329 e. The van der Waals surface area contributed by atoms with Crippen molar-refractivity contribution in [2.75, 3.05) is 11.4 Å². The number of imide groups is 1. The maximum atomic E-state index is 13.3. The van der Waals surface area contributed by atoms with E-state index in [0.717, 1.165) is 4.90 Å². The highest BCUT2D eigenvalue weighted by atomic mass is 16.5. The molecule has 2 saturated heterocycles. The number of anilines is 1. The van der Waals surface area contributed by atoms with Gasteiger partial charge in [0.25, 0.3) is 11.8 Å². The van der Waals surface area contributed by atoms with Crippen molar-refractivity contribution in [2.45, 2.75) is 18.5 Å². The van der Waals surface area contributed by atoms with Crippen molar-refractivity contribution in [3.8, 4) is 11.5 Å². The zero-order chi connectivity index (χ0) is 21.4. The molecule has 1 N–H and O–H groups in total. The number of nitrogens with one attached hydrogen (secondary N) is 1. The topological polar surface area (TPSA) is 92.1 Å². The van der Waals surface area contributed by atoms with Gasteiger partial charge in [0, 0.05) is 6.54 Å². The number of urea groups is 1. The van der Waals surface area contributed by atoms with Crippen LogP contribution < -0.4 is 15.0 Å². The standard InChI is InChI=1S/C23H19N3O5/c27-21(19-7-4-14-30-19)25-13-12-18-20(25)22(28)26(23(29)24-18)15-8-10-17(11-9-15)31-16-5-2-1-3-6-16/h1-11,14,18,20H,12-13H2,(H,24,29)/t18-,20+/m1/s1. The van der Waals surface area contributed by atoms with Gasteiger partial charge in [0.05, 0.1) is 18.0 Å². The SMILES string of the molecule is O=C1N[C@@H]2CCN(C(=O)c3ccco3)[C@@H]2C(=O)N1c1ccc(Oc2ccccc2)cc1. The van der Waals surface area contributed by atoms with E-state index < -0.39 is 24.0 Å². The monoisotopic (exact) mass is 417 g/mol. The van der Waals surface area contributed by atoms with Gasteiger partial charge in [-0.3, -0.25) is 9.59 Å². The summed E-state index contributed by atoms with van der Waals surface area (Å²) in [5.41, 5.74) is 0.402. The van der Waals surface area contributed by atoms with Crippen LogP contribution in [0.5, 0.6) is 11.5 Å². The number of para-hydroxylation sites is 1. The molecule has 0 spiro atoms. The molecule has 2 aromatic carbocycles. The summed E-state index contributed by atoms with van der Waals surface area (Å²) in [5.74, 6) is 0.617. The number of carbonyl (C=O) groups excluding carboxylic acids is 3. The molecule has 2 fully saturated rings. The highest BCUT2D eigenvalue weighted by molar-refractivity contribution is 6.19. The van der Waals surface area contributed by atoms with Gasteiger partial charge in [0.1, 0.15) is 17.5 Å². The number of amides is 4. The molecule has 0 unspecified atom stereocenters. The fraction of sp³-hybridized carbons (Fsp3) is 0.174. The van der Waals surface area contributed by atoms with E-state index in [9.17, 15) is 14.4 Å². The van der Waals surface area contributed by atoms with E-state index in [1.54, 1.807) is 36.4 Å². The first-order chi connectivity index (χ1) is 15.1. The van der Waals surface area contributed by atoms with Gasteiger partial charge < -0.3 is 19.4 Å². The van der Waals surface area contributed by atoms with Gasteiger partial charge in [-0.2, -0.15) is 0 Å². The minimum atomic E-state index is -0.782. The summed E-state index contributed by atoms with van der Waals surface area (Å²) in [6.45, 7) is 0.360. The lowest BCUT2D eigenvalue weighted by molar-refractivity contribution is -0.122.